The molecular formula is C25H21F2N3O2. The zero-order valence-electron chi connectivity index (χ0n) is 17.4. The van der Waals surface area contributed by atoms with E-state index in [0.29, 0.717) is 40.7 Å². The number of nitrogens with zero attached hydrogens (tertiary/aromatic N) is 2. The second kappa shape index (κ2) is 9.43. The van der Waals surface area contributed by atoms with Crippen LogP contribution in [0, 0.1) is 18.6 Å². The lowest BCUT2D eigenvalue weighted by molar-refractivity contribution is -0.116. The maximum atomic E-state index is 13.7. The highest BCUT2D eigenvalue weighted by Crippen LogP contribution is 2.32. The van der Waals surface area contributed by atoms with Crippen LogP contribution in [-0.4, -0.2) is 15.7 Å². The summed E-state index contributed by atoms with van der Waals surface area (Å²) < 4.78 is 34.7. The van der Waals surface area contributed by atoms with Crippen molar-refractivity contribution < 1.29 is 18.3 Å². The average molecular weight is 433 g/mol. The van der Waals surface area contributed by atoms with Crippen LogP contribution in [0.3, 0.4) is 0 Å². The molecule has 5 nitrogen and oxygen atoms in total. The smallest absolute Gasteiger partial charge is 0.226 e. The number of ether oxygens (including phenoxy) is 1. The van der Waals surface area contributed by atoms with Gasteiger partial charge in [0, 0.05) is 23.7 Å². The largest absolute Gasteiger partial charge is 0.439 e. The molecule has 0 unspecified atom stereocenters. The van der Waals surface area contributed by atoms with Crippen molar-refractivity contribution in [2.24, 2.45) is 0 Å². The van der Waals surface area contributed by atoms with Crippen molar-refractivity contribution in [3.05, 3.63) is 102 Å². The molecule has 0 saturated heterocycles. The number of hydrogen-bond donors (Lipinski definition) is 1. The van der Waals surface area contributed by atoms with Crippen LogP contribution in [0.2, 0.25) is 0 Å². The highest BCUT2D eigenvalue weighted by atomic mass is 19.1. The molecular weight excluding hydrogens is 412 g/mol. The summed E-state index contributed by atoms with van der Waals surface area (Å²) in [5, 5.41) is 7.39. The van der Waals surface area contributed by atoms with Gasteiger partial charge >= 0.3 is 0 Å². The van der Waals surface area contributed by atoms with Crippen molar-refractivity contribution in [2.75, 3.05) is 5.32 Å². The van der Waals surface area contributed by atoms with E-state index in [1.54, 1.807) is 24.3 Å². The van der Waals surface area contributed by atoms with Crippen LogP contribution < -0.4 is 10.1 Å². The first kappa shape index (κ1) is 21.2. The predicted octanol–water partition coefficient (Wildman–Crippen LogP) is 5.82. The summed E-state index contributed by atoms with van der Waals surface area (Å²) in [6.07, 6.45) is 0.556. The van der Waals surface area contributed by atoms with Crippen molar-refractivity contribution in [3.63, 3.8) is 0 Å². The Balaban J connectivity index is 1.63. The van der Waals surface area contributed by atoms with Gasteiger partial charge in [-0.2, -0.15) is 5.10 Å². The minimum absolute atomic E-state index is 0.151. The number of carbonyl (C=O) groups excluding carboxylic acids is 1. The molecule has 4 rings (SSSR count). The number of amides is 1. The van der Waals surface area contributed by atoms with Crippen LogP contribution in [-0.2, 0) is 11.2 Å². The summed E-state index contributed by atoms with van der Waals surface area (Å²) in [6, 6.07) is 20.8. The van der Waals surface area contributed by atoms with Gasteiger partial charge in [0.05, 0.1) is 11.4 Å². The van der Waals surface area contributed by atoms with Crippen molar-refractivity contribution in [2.45, 2.75) is 19.8 Å². The minimum Gasteiger partial charge on any atom is -0.439 e. The molecule has 1 N–H and O–H groups in total. The van der Waals surface area contributed by atoms with E-state index in [2.05, 4.69) is 10.4 Å². The maximum Gasteiger partial charge on any atom is 0.226 e. The molecule has 4 aromatic rings. The summed E-state index contributed by atoms with van der Waals surface area (Å²) in [5.41, 5.74) is 2.67. The molecule has 0 fully saturated rings. The van der Waals surface area contributed by atoms with E-state index in [1.165, 1.54) is 28.9 Å². The molecule has 1 amide bonds. The number of aryl methyl sites for hydroxylation is 1. The Labute approximate surface area is 184 Å². The number of anilines is 1. The van der Waals surface area contributed by atoms with E-state index >= 15 is 0 Å². The molecule has 0 saturated carbocycles. The van der Waals surface area contributed by atoms with Crippen LogP contribution >= 0.6 is 0 Å². The Morgan fingerprint density at radius 1 is 0.969 bits per heavy atom. The predicted molar refractivity (Wildman–Crippen MR) is 118 cm³/mol. The zero-order valence-corrected chi connectivity index (χ0v) is 17.4. The second-order valence-electron chi connectivity index (χ2n) is 7.23. The fourth-order valence-electron chi connectivity index (χ4n) is 3.31. The van der Waals surface area contributed by atoms with Crippen molar-refractivity contribution >= 4 is 11.6 Å². The van der Waals surface area contributed by atoms with Gasteiger partial charge in [0.15, 0.2) is 0 Å². The third-order valence-electron chi connectivity index (χ3n) is 4.88. The average Bonchev–Trinajstić information content (AvgIpc) is 3.08. The first-order valence-electron chi connectivity index (χ1n) is 10.1. The number of rotatable bonds is 7. The molecule has 32 heavy (non-hydrogen) atoms. The van der Waals surface area contributed by atoms with Gasteiger partial charge in [0.1, 0.15) is 17.4 Å². The van der Waals surface area contributed by atoms with E-state index in [0.717, 1.165) is 0 Å². The van der Waals surface area contributed by atoms with E-state index in [9.17, 15) is 13.6 Å². The summed E-state index contributed by atoms with van der Waals surface area (Å²) in [6.45, 7) is 1.81. The van der Waals surface area contributed by atoms with E-state index in [-0.39, 0.29) is 18.1 Å². The van der Waals surface area contributed by atoms with Gasteiger partial charge in [-0.15, -0.1) is 0 Å². The third kappa shape index (κ3) is 5.00. The molecule has 3 aromatic carbocycles. The van der Waals surface area contributed by atoms with Crippen LogP contribution in [0.5, 0.6) is 11.6 Å². The molecule has 0 atom stereocenters. The highest BCUT2D eigenvalue weighted by molar-refractivity contribution is 5.90. The zero-order chi connectivity index (χ0) is 22.5. The standard InChI is InChI=1S/C25H21F2N3O2/c1-17-23(14-15-24(31)28-20-7-3-2-4-8-20)25(32-22-9-5-6-19(27)16-22)30(29-17)21-12-10-18(26)11-13-21/h2-13,16H,14-15H2,1H3,(H,28,31). The van der Waals surface area contributed by atoms with Gasteiger partial charge in [0.2, 0.25) is 11.8 Å². The second-order valence-corrected chi connectivity index (χ2v) is 7.23. The minimum atomic E-state index is -0.434. The topological polar surface area (TPSA) is 56.2 Å². The fraction of sp³-hybridized carbons (Fsp3) is 0.120. The molecule has 1 aromatic heterocycles. The fourth-order valence-corrected chi connectivity index (χ4v) is 3.31. The van der Waals surface area contributed by atoms with Crippen LogP contribution in [0.4, 0.5) is 14.5 Å². The Kier molecular flexibility index (Phi) is 6.26. The van der Waals surface area contributed by atoms with Crippen LogP contribution in [0.1, 0.15) is 17.7 Å². The normalized spacial score (nSPS) is 10.7. The van der Waals surface area contributed by atoms with Gasteiger partial charge < -0.3 is 10.1 Å². The van der Waals surface area contributed by atoms with E-state index in [4.69, 9.17) is 4.74 Å². The lowest BCUT2D eigenvalue weighted by Gasteiger charge is -2.12. The van der Waals surface area contributed by atoms with Crippen LogP contribution in [0.15, 0.2) is 78.9 Å². The number of nitrogens with one attached hydrogen (secondary N) is 1. The number of hydrogen-bond acceptors (Lipinski definition) is 3. The molecule has 162 valence electrons. The maximum absolute atomic E-state index is 13.7. The van der Waals surface area contributed by atoms with E-state index in [1.807, 2.05) is 37.3 Å². The molecule has 0 aliphatic rings. The Morgan fingerprint density at radius 3 is 2.44 bits per heavy atom. The van der Waals surface area contributed by atoms with Crippen molar-refractivity contribution in [1.82, 2.24) is 9.78 Å². The van der Waals surface area contributed by atoms with Gasteiger partial charge in [0.25, 0.3) is 0 Å². The summed E-state index contributed by atoms with van der Waals surface area (Å²) in [4.78, 5) is 12.5. The number of carbonyl (C=O) groups is 1. The number of para-hydroxylation sites is 1. The van der Waals surface area contributed by atoms with Crippen molar-refractivity contribution in [3.8, 4) is 17.3 Å². The molecule has 0 radical (unpaired) electrons. The number of halogens is 2. The van der Waals surface area contributed by atoms with Gasteiger partial charge in [-0.1, -0.05) is 24.3 Å². The van der Waals surface area contributed by atoms with Gasteiger partial charge in [-0.25, -0.2) is 13.5 Å². The summed E-state index contributed by atoms with van der Waals surface area (Å²) in [5.74, 6) is -0.309. The first-order chi connectivity index (χ1) is 15.5. The highest BCUT2D eigenvalue weighted by Gasteiger charge is 2.20. The molecule has 0 spiro atoms. The molecule has 1 heterocycles. The molecule has 0 bridgehead atoms. The summed E-state index contributed by atoms with van der Waals surface area (Å²) in [7, 11) is 0. The molecule has 0 aliphatic heterocycles. The Morgan fingerprint density at radius 2 is 1.72 bits per heavy atom. The quantitative estimate of drug-likeness (QED) is 0.399. The Hall–Kier alpha value is -4.00. The van der Waals surface area contributed by atoms with E-state index < -0.39 is 5.82 Å². The first-order valence-corrected chi connectivity index (χ1v) is 10.1. The number of benzene rings is 3. The molecule has 0 aliphatic carbocycles. The van der Waals surface area contributed by atoms with Gasteiger partial charge in [-0.3, -0.25) is 4.79 Å². The van der Waals surface area contributed by atoms with Crippen molar-refractivity contribution in [1.29, 1.82) is 0 Å². The Bertz CT molecular complexity index is 1220. The molecule has 7 heteroatoms. The SMILES string of the molecule is Cc1nn(-c2ccc(F)cc2)c(Oc2cccc(F)c2)c1CCC(=O)Nc1ccccc1. The van der Waals surface area contributed by atoms with Crippen LogP contribution in [0.25, 0.3) is 5.69 Å². The third-order valence-corrected chi connectivity index (χ3v) is 4.88. The number of aromatic nitrogens is 2. The monoisotopic (exact) mass is 433 g/mol. The lowest BCUT2D eigenvalue weighted by Crippen LogP contribution is -2.12. The lowest BCUT2D eigenvalue weighted by atomic mass is 10.1. The van der Waals surface area contributed by atoms with Gasteiger partial charge in [-0.05, 0) is 61.9 Å². The summed E-state index contributed by atoms with van der Waals surface area (Å²) >= 11 is 0.